The van der Waals surface area contributed by atoms with Gasteiger partial charge in [0.25, 0.3) is 17.7 Å². The summed E-state index contributed by atoms with van der Waals surface area (Å²) < 4.78 is 14.0. The molecule has 0 radical (unpaired) electrons. The van der Waals surface area contributed by atoms with Crippen LogP contribution in [0.4, 0.5) is 15.9 Å². The van der Waals surface area contributed by atoms with Crippen molar-refractivity contribution in [3.8, 4) is 11.3 Å². The highest BCUT2D eigenvalue weighted by molar-refractivity contribution is 7.14. The van der Waals surface area contributed by atoms with Gasteiger partial charge in [-0.25, -0.2) is 14.4 Å². The molecule has 0 bridgehead atoms. The molecule has 4 aromatic rings. The number of nitrogens with one attached hydrogen (secondary N) is 2. The normalized spacial score (nSPS) is 14.9. The number of nitrogens with zero attached hydrogens (tertiary/aromatic N) is 4. The van der Waals surface area contributed by atoms with Gasteiger partial charge in [-0.1, -0.05) is 24.3 Å². The standard InChI is InChI=1S/C30H25FN6O4S/c1-16-22(25-26-27(33-15-32-25)35-24(38)14-36(26)2)12-23(42-16)28(39)34-19(11-17-6-5-7-18(31)10-17)13-37-29(40)20-8-3-4-9-21(20)30(37)41/h3-10,12,15,19H,11,13-14H2,1-2H3,(H,34,39)(H,32,33,35,38). The third-order valence-corrected chi connectivity index (χ3v) is 8.28. The number of hydrogen-bond acceptors (Lipinski definition) is 8. The van der Waals surface area contributed by atoms with Crippen LogP contribution in [0.15, 0.2) is 60.9 Å². The quantitative estimate of drug-likeness (QED) is 0.318. The highest BCUT2D eigenvalue weighted by atomic mass is 32.1. The van der Waals surface area contributed by atoms with Crippen LogP contribution in [0.25, 0.3) is 11.3 Å². The van der Waals surface area contributed by atoms with Crippen LogP contribution in [0.5, 0.6) is 0 Å². The van der Waals surface area contributed by atoms with Gasteiger partial charge in [0.15, 0.2) is 5.82 Å². The molecule has 42 heavy (non-hydrogen) atoms. The molecule has 0 spiro atoms. The molecule has 0 saturated heterocycles. The smallest absolute Gasteiger partial charge is 0.261 e. The summed E-state index contributed by atoms with van der Waals surface area (Å²) in [5.41, 5.74) is 3.18. The molecule has 2 aliphatic rings. The van der Waals surface area contributed by atoms with E-state index in [9.17, 15) is 23.6 Å². The van der Waals surface area contributed by atoms with Crippen LogP contribution < -0.4 is 15.5 Å². The number of amides is 4. The molecule has 2 aromatic carbocycles. The average Bonchev–Trinajstić information content (AvgIpc) is 3.46. The summed E-state index contributed by atoms with van der Waals surface area (Å²) in [6.45, 7) is 1.93. The number of aromatic nitrogens is 2. The Kier molecular flexibility index (Phi) is 6.99. The molecule has 212 valence electrons. The van der Waals surface area contributed by atoms with Crippen LogP contribution >= 0.6 is 11.3 Å². The number of imide groups is 1. The Morgan fingerprint density at radius 1 is 1.05 bits per heavy atom. The Morgan fingerprint density at radius 2 is 1.79 bits per heavy atom. The van der Waals surface area contributed by atoms with Crippen molar-refractivity contribution < 1.29 is 23.6 Å². The van der Waals surface area contributed by atoms with E-state index in [0.717, 1.165) is 9.78 Å². The summed E-state index contributed by atoms with van der Waals surface area (Å²) in [6, 6.07) is 13.6. The second-order valence-corrected chi connectivity index (χ2v) is 11.4. The van der Waals surface area contributed by atoms with Crippen LogP contribution in [-0.4, -0.2) is 64.7 Å². The van der Waals surface area contributed by atoms with Gasteiger partial charge in [0.2, 0.25) is 5.91 Å². The lowest BCUT2D eigenvalue weighted by atomic mass is 10.0. The summed E-state index contributed by atoms with van der Waals surface area (Å²) in [6.07, 6.45) is 1.56. The number of hydrogen-bond donors (Lipinski definition) is 2. The zero-order valence-electron chi connectivity index (χ0n) is 22.7. The molecule has 0 aliphatic carbocycles. The van der Waals surface area contributed by atoms with Gasteiger partial charge >= 0.3 is 0 Å². The van der Waals surface area contributed by atoms with Gasteiger partial charge in [-0.3, -0.25) is 24.1 Å². The topological polar surface area (TPSA) is 125 Å². The minimum absolute atomic E-state index is 0.0876. The second kappa shape index (κ2) is 10.8. The Balaban J connectivity index is 1.28. The molecule has 12 heteroatoms. The lowest BCUT2D eigenvalue weighted by Crippen LogP contribution is -2.46. The molecule has 0 fully saturated rings. The van der Waals surface area contributed by atoms with Gasteiger partial charge in [0, 0.05) is 24.0 Å². The Morgan fingerprint density at radius 3 is 2.50 bits per heavy atom. The SMILES string of the molecule is Cc1sc(C(=O)NC(Cc2cccc(F)c2)CN2C(=O)c3ccccc3C2=O)cc1-c1ncnc2c1N(C)CC(=O)N2. The van der Waals surface area contributed by atoms with Crippen molar-refractivity contribution in [1.29, 1.82) is 0 Å². The van der Waals surface area contributed by atoms with Gasteiger partial charge < -0.3 is 15.5 Å². The summed E-state index contributed by atoms with van der Waals surface area (Å²) in [5.74, 6) is -1.49. The molecule has 4 heterocycles. The van der Waals surface area contributed by atoms with Crippen LogP contribution in [0.1, 0.15) is 40.8 Å². The number of aryl methyl sites for hydroxylation is 1. The minimum Gasteiger partial charge on any atom is -0.361 e. The summed E-state index contributed by atoms with van der Waals surface area (Å²) in [7, 11) is 1.77. The van der Waals surface area contributed by atoms with E-state index in [1.807, 2.05) is 6.92 Å². The first kappa shape index (κ1) is 27.2. The van der Waals surface area contributed by atoms with E-state index in [4.69, 9.17) is 0 Å². The third-order valence-electron chi connectivity index (χ3n) is 7.23. The molecule has 0 saturated carbocycles. The fourth-order valence-electron chi connectivity index (χ4n) is 5.32. The monoisotopic (exact) mass is 584 g/mol. The Hall–Kier alpha value is -4.97. The molecule has 2 aliphatic heterocycles. The molecule has 2 N–H and O–H groups in total. The number of benzene rings is 2. The molecule has 2 aromatic heterocycles. The maximum Gasteiger partial charge on any atom is 0.261 e. The molecule has 10 nitrogen and oxygen atoms in total. The number of fused-ring (bicyclic) bond motifs is 2. The van der Waals surface area contributed by atoms with E-state index in [2.05, 4.69) is 20.6 Å². The number of carbonyl (C=O) groups is 4. The first-order valence-corrected chi connectivity index (χ1v) is 14.0. The summed E-state index contributed by atoms with van der Waals surface area (Å²) >= 11 is 1.27. The van der Waals surface area contributed by atoms with Gasteiger partial charge in [0.05, 0.1) is 28.6 Å². The Bertz CT molecular complexity index is 1740. The second-order valence-electron chi connectivity index (χ2n) is 10.2. The third kappa shape index (κ3) is 5.00. The fourth-order valence-corrected chi connectivity index (χ4v) is 6.24. The van der Waals surface area contributed by atoms with Crippen molar-refractivity contribution in [2.45, 2.75) is 19.4 Å². The van der Waals surface area contributed by atoms with E-state index in [1.165, 1.54) is 29.8 Å². The van der Waals surface area contributed by atoms with Gasteiger partial charge in [-0.15, -0.1) is 11.3 Å². The molecule has 1 atom stereocenters. The minimum atomic E-state index is -0.694. The summed E-state index contributed by atoms with van der Waals surface area (Å²) in [4.78, 5) is 64.5. The first-order chi connectivity index (χ1) is 20.2. The van der Waals surface area contributed by atoms with E-state index in [0.29, 0.717) is 44.3 Å². The number of carbonyl (C=O) groups excluding carboxylic acids is 4. The molecular weight excluding hydrogens is 559 g/mol. The van der Waals surface area contributed by atoms with Crippen LogP contribution in [0.2, 0.25) is 0 Å². The maximum absolute atomic E-state index is 14.0. The summed E-state index contributed by atoms with van der Waals surface area (Å²) in [5, 5.41) is 5.72. The zero-order valence-corrected chi connectivity index (χ0v) is 23.5. The first-order valence-electron chi connectivity index (χ1n) is 13.2. The highest BCUT2D eigenvalue weighted by Gasteiger charge is 2.37. The van der Waals surface area contributed by atoms with Crippen LogP contribution in [0.3, 0.4) is 0 Å². The number of rotatable bonds is 7. The van der Waals surface area contributed by atoms with Crippen molar-refractivity contribution >= 4 is 46.5 Å². The number of anilines is 2. The van der Waals surface area contributed by atoms with Crippen molar-refractivity contribution in [2.24, 2.45) is 0 Å². The van der Waals surface area contributed by atoms with Crippen LogP contribution in [0, 0.1) is 12.7 Å². The van der Waals surface area contributed by atoms with E-state index >= 15 is 0 Å². The van der Waals surface area contributed by atoms with Crippen molar-refractivity contribution in [3.63, 3.8) is 0 Å². The van der Waals surface area contributed by atoms with E-state index in [1.54, 1.807) is 54.4 Å². The van der Waals surface area contributed by atoms with E-state index < -0.39 is 29.6 Å². The highest BCUT2D eigenvalue weighted by Crippen LogP contribution is 2.39. The predicted molar refractivity (Wildman–Crippen MR) is 155 cm³/mol. The maximum atomic E-state index is 14.0. The molecule has 1 unspecified atom stereocenters. The number of likely N-dealkylation sites (N-methyl/N-ethyl adjacent to an activating group) is 1. The van der Waals surface area contributed by atoms with Crippen molar-refractivity contribution in [2.75, 3.05) is 30.4 Å². The van der Waals surface area contributed by atoms with Crippen molar-refractivity contribution in [3.05, 3.63) is 93.2 Å². The number of halogens is 1. The molecular formula is C30H25FN6O4S. The largest absolute Gasteiger partial charge is 0.361 e. The van der Waals surface area contributed by atoms with Gasteiger partial charge in [-0.05, 0) is 49.2 Å². The fraction of sp³-hybridized carbons (Fsp3) is 0.200. The van der Waals surface area contributed by atoms with Crippen molar-refractivity contribution in [1.82, 2.24) is 20.2 Å². The number of thiophene rings is 1. The lowest BCUT2D eigenvalue weighted by Gasteiger charge is -2.27. The average molecular weight is 585 g/mol. The molecule has 4 amide bonds. The van der Waals surface area contributed by atoms with Gasteiger partial charge in [0.1, 0.15) is 23.5 Å². The molecule has 6 rings (SSSR count). The Labute approximate surface area is 244 Å². The van der Waals surface area contributed by atoms with Gasteiger partial charge in [-0.2, -0.15) is 0 Å². The van der Waals surface area contributed by atoms with E-state index in [-0.39, 0.29) is 25.4 Å². The zero-order chi connectivity index (χ0) is 29.5. The van der Waals surface area contributed by atoms with Crippen LogP contribution in [-0.2, 0) is 11.2 Å². The predicted octanol–water partition coefficient (Wildman–Crippen LogP) is 3.68. The lowest BCUT2D eigenvalue weighted by molar-refractivity contribution is -0.115.